The second-order valence-electron chi connectivity index (χ2n) is 4.36. The number of amides is 1. The van der Waals surface area contributed by atoms with Gasteiger partial charge in [-0.1, -0.05) is 6.07 Å². The third-order valence-corrected chi connectivity index (χ3v) is 5.36. The minimum Gasteiger partial charge on any atom is -0.319 e. The Labute approximate surface area is 131 Å². The van der Waals surface area contributed by atoms with Crippen LogP contribution in [0.15, 0.2) is 64.6 Å². The number of nitrogens with zero attached hydrogens (tertiary/aromatic N) is 2. The second-order valence-corrected chi connectivity index (χ2v) is 6.99. The Morgan fingerprint density at radius 2 is 2.09 bits per heavy atom. The Morgan fingerprint density at radius 1 is 1.23 bits per heavy atom. The highest BCUT2D eigenvalue weighted by atomic mass is 32.2. The molecule has 22 heavy (non-hydrogen) atoms. The monoisotopic (exact) mass is 333 g/mol. The first-order chi connectivity index (χ1) is 10.6. The fraction of sp³-hybridized carbons (Fsp3) is 0. The maximum absolute atomic E-state index is 12.3. The van der Waals surface area contributed by atoms with Gasteiger partial charge in [-0.3, -0.25) is 9.78 Å². The molecule has 0 spiro atoms. The standard InChI is InChI=1S/C14H11N3O3S2/c18-14(13-3-1-2-6-15-13)16-11-4-7-17(9-11)22(19,20)12-5-8-21-10-12/h1-10H,(H,16,18). The molecule has 0 aliphatic rings. The fourth-order valence-electron chi connectivity index (χ4n) is 1.81. The van der Waals surface area contributed by atoms with E-state index in [-0.39, 0.29) is 10.6 Å². The van der Waals surface area contributed by atoms with Crippen molar-refractivity contribution in [2.24, 2.45) is 0 Å². The van der Waals surface area contributed by atoms with Crippen LogP contribution in [0, 0.1) is 0 Å². The van der Waals surface area contributed by atoms with Crippen LogP contribution in [0.5, 0.6) is 0 Å². The Hall–Kier alpha value is -2.45. The second kappa shape index (κ2) is 5.74. The van der Waals surface area contributed by atoms with Crippen molar-refractivity contribution in [3.63, 3.8) is 0 Å². The summed E-state index contributed by atoms with van der Waals surface area (Å²) < 4.78 is 25.7. The smallest absolute Gasteiger partial charge is 0.274 e. The number of nitrogens with one attached hydrogen (secondary N) is 1. The van der Waals surface area contributed by atoms with Crippen LogP contribution in [-0.2, 0) is 10.0 Å². The number of aromatic nitrogens is 2. The summed E-state index contributed by atoms with van der Waals surface area (Å²) >= 11 is 1.31. The van der Waals surface area contributed by atoms with Crippen LogP contribution in [0.2, 0.25) is 0 Å². The van der Waals surface area contributed by atoms with Crippen molar-refractivity contribution in [2.75, 3.05) is 5.32 Å². The summed E-state index contributed by atoms with van der Waals surface area (Å²) in [5.74, 6) is -0.397. The van der Waals surface area contributed by atoms with E-state index in [0.29, 0.717) is 5.69 Å². The van der Waals surface area contributed by atoms with E-state index in [1.165, 1.54) is 42.1 Å². The van der Waals surface area contributed by atoms with Crippen LogP contribution in [0.25, 0.3) is 0 Å². The molecule has 8 heteroatoms. The summed E-state index contributed by atoms with van der Waals surface area (Å²) in [6.07, 6.45) is 4.26. The molecule has 3 aromatic rings. The summed E-state index contributed by atoms with van der Waals surface area (Å²) in [6, 6.07) is 8.04. The Bertz CT molecular complexity index is 885. The van der Waals surface area contributed by atoms with Gasteiger partial charge < -0.3 is 5.32 Å². The summed E-state index contributed by atoms with van der Waals surface area (Å²) in [7, 11) is -3.62. The number of thiophene rings is 1. The van der Waals surface area contributed by atoms with E-state index in [4.69, 9.17) is 0 Å². The lowest BCUT2D eigenvalue weighted by atomic mass is 10.3. The number of carbonyl (C=O) groups is 1. The first-order valence-electron chi connectivity index (χ1n) is 6.25. The molecular weight excluding hydrogens is 322 g/mol. The van der Waals surface area contributed by atoms with Crippen molar-refractivity contribution in [1.82, 2.24) is 8.96 Å². The molecule has 3 heterocycles. The SMILES string of the molecule is O=C(Nc1ccn(S(=O)(=O)c2ccsc2)c1)c1ccccn1. The van der Waals surface area contributed by atoms with Gasteiger partial charge in [0, 0.05) is 24.0 Å². The van der Waals surface area contributed by atoms with E-state index >= 15 is 0 Å². The molecule has 1 amide bonds. The Morgan fingerprint density at radius 3 is 2.77 bits per heavy atom. The highest BCUT2D eigenvalue weighted by molar-refractivity contribution is 7.90. The van der Waals surface area contributed by atoms with Gasteiger partial charge in [-0.25, -0.2) is 12.4 Å². The quantitative estimate of drug-likeness (QED) is 0.795. The zero-order valence-electron chi connectivity index (χ0n) is 11.2. The van der Waals surface area contributed by atoms with Crippen molar-refractivity contribution in [3.8, 4) is 0 Å². The average Bonchev–Trinajstić information content (AvgIpc) is 3.20. The molecule has 0 fully saturated rings. The Kier molecular flexibility index (Phi) is 3.78. The lowest BCUT2D eigenvalue weighted by Gasteiger charge is -2.03. The van der Waals surface area contributed by atoms with Gasteiger partial charge in [-0.05, 0) is 29.6 Å². The number of rotatable bonds is 4. The normalized spacial score (nSPS) is 11.3. The van der Waals surface area contributed by atoms with Crippen LogP contribution in [0.3, 0.4) is 0 Å². The van der Waals surface area contributed by atoms with E-state index < -0.39 is 15.9 Å². The minimum absolute atomic E-state index is 0.218. The Balaban J connectivity index is 1.82. The molecule has 0 saturated carbocycles. The summed E-state index contributed by atoms with van der Waals surface area (Å²) in [5.41, 5.74) is 0.644. The van der Waals surface area contributed by atoms with Crippen LogP contribution in [0.4, 0.5) is 5.69 Å². The number of hydrogen-bond donors (Lipinski definition) is 1. The van der Waals surface area contributed by atoms with Gasteiger partial charge in [-0.15, -0.1) is 0 Å². The molecule has 3 aromatic heterocycles. The van der Waals surface area contributed by atoms with Crippen molar-refractivity contribution in [1.29, 1.82) is 0 Å². The van der Waals surface area contributed by atoms with Gasteiger partial charge in [0.1, 0.15) is 5.69 Å². The lowest BCUT2D eigenvalue weighted by Crippen LogP contribution is -2.13. The molecule has 0 unspecified atom stereocenters. The van der Waals surface area contributed by atoms with Crippen molar-refractivity contribution < 1.29 is 13.2 Å². The predicted octanol–water partition coefficient (Wildman–Crippen LogP) is 2.43. The summed E-state index contributed by atoms with van der Waals surface area (Å²) in [6.45, 7) is 0. The third kappa shape index (κ3) is 2.78. The highest BCUT2D eigenvalue weighted by Crippen LogP contribution is 2.19. The number of anilines is 1. The molecule has 3 rings (SSSR count). The molecule has 0 radical (unpaired) electrons. The molecule has 0 aliphatic carbocycles. The first kappa shape index (κ1) is 14.5. The molecule has 0 atom stereocenters. The van der Waals surface area contributed by atoms with Gasteiger partial charge in [-0.2, -0.15) is 11.3 Å². The maximum atomic E-state index is 12.3. The zero-order valence-corrected chi connectivity index (χ0v) is 12.8. The van der Waals surface area contributed by atoms with Crippen LogP contribution in [0.1, 0.15) is 10.5 Å². The zero-order chi connectivity index (χ0) is 15.6. The van der Waals surface area contributed by atoms with E-state index in [0.717, 1.165) is 3.97 Å². The molecule has 6 nitrogen and oxygen atoms in total. The molecule has 0 saturated heterocycles. The maximum Gasteiger partial charge on any atom is 0.274 e. The van der Waals surface area contributed by atoms with Crippen LogP contribution in [-0.4, -0.2) is 23.3 Å². The molecule has 0 aliphatic heterocycles. The van der Waals surface area contributed by atoms with Gasteiger partial charge in [0.05, 0.1) is 10.6 Å². The molecule has 112 valence electrons. The average molecular weight is 333 g/mol. The molecule has 0 aromatic carbocycles. The number of carbonyl (C=O) groups excluding carboxylic acids is 1. The number of hydrogen-bond acceptors (Lipinski definition) is 5. The van der Waals surface area contributed by atoms with E-state index in [2.05, 4.69) is 10.3 Å². The molecular formula is C14H11N3O3S2. The minimum atomic E-state index is -3.62. The van der Waals surface area contributed by atoms with Crippen molar-refractivity contribution in [3.05, 3.63) is 65.4 Å². The highest BCUT2D eigenvalue weighted by Gasteiger charge is 2.17. The first-order valence-corrected chi connectivity index (χ1v) is 8.64. The fourth-order valence-corrected chi connectivity index (χ4v) is 4.03. The third-order valence-electron chi connectivity index (χ3n) is 2.89. The van der Waals surface area contributed by atoms with E-state index in [1.807, 2.05) is 0 Å². The number of pyridine rings is 1. The largest absolute Gasteiger partial charge is 0.319 e. The lowest BCUT2D eigenvalue weighted by molar-refractivity contribution is 0.102. The van der Waals surface area contributed by atoms with E-state index in [1.54, 1.807) is 29.0 Å². The van der Waals surface area contributed by atoms with Crippen molar-refractivity contribution >= 4 is 33.0 Å². The van der Waals surface area contributed by atoms with Crippen LogP contribution >= 0.6 is 11.3 Å². The van der Waals surface area contributed by atoms with E-state index in [9.17, 15) is 13.2 Å². The summed E-state index contributed by atoms with van der Waals surface area (Å²) in [5, 5.41) is 5.86. The summed E-state index contributed by atoms with van der Waals surface area (Å²) in [4.78, 5) is 16.1. The van der Waals surface area contributed by atoms with Crippen molar-refractivity contribution in [2.45, 2.75) is 4.90 Å². The molecule has 1 N–H and O–H groups in total. The van der Waals surface area contributed by atoms with Gasteiger partial charge >= 0.3 is 0 Å². The van der Waals surface area contributed by atoms with Gasteiger partial charge in [0.2, 0.25) is 0 Å². The molecule has 0 bridgehead atoms. The van der Waals surface area contributed by atoms with Gasteiger partial charge in [0.15, 0.2) is 0 Å². The van der Waals surface area contributed by atoms with Gasteiger partial charge in [0.25, 0.3) is 15.9 Å². The van der Waals surface area contributed by atoms with Crippen LogP contribution < -0.4 is 5.32 Å². The topological polar surface area (TPSA) is 81.1 Å². The predicted molar refractivity (Wildman–Crippen MR) is 83.5 cm³/mol.